The number of hydrogen-bond donors (Lipinski definition) is 1. The molecule has 0 unspecified atom stereocenters. The van der Waals surface area contributed by atoms with Gasteiger partial charge in [0.2, 0.25) is 0 Å². The molecule has 0 spiro atoms. The lowest BCUT2D eigenvalue weighted by Gasteiger charge is -2.18. The van der Waals surface area contributed by atoms with Gasteiger partial charge in [-0.25, -0.2) is 4.79 Å². The second-order valence-electron chi connectivity index (χ2n) is 5.65. The van der Waals surface area contributed by atoms with Crippen molar-refractivity contribution in [2.75, 3.05) is 16.8 Å². The summed E-state index contributed by atoms with van der Waals surface area (Å²) in [6, 6.07) is 15.4. The van der Waals surface area contributed by atoms with Crippen LogP contribution in [0.3, 0.4) is 0 Å². The zero-order chi connectivity index (χ0) is 15.5. The molecule has 1 N–H and O–H groups in total. The molecule has 0 fully saturated rings. The molecule has 1 aliphatic heterocycles. The molecule has 2 aromatic rings. The lowest BCUT2D eigenvalue weighted by atomic mass is 10.2. The highest BCUT2D eigenvalue weighted by molar-refractivity contribution is 6.03. The first-order valence-electron chi connectivity index (χ1n) is 7.56. The fourth-order valence-electron chi connectivity index (χ4n) is 2.63. The van der Waals surface area contributed by atoms with E-state index in [2.05, 4.69) is 11.4 Å². The number of carbonyl (C=O) groups is 1. The zero-order valence-electron chi connectivity index (χ0n) is 12.9. The number of urea groups is 1. The lowest BCUT2D eigenvalue weighted by Crippen LogP contribution is -2.33. The third-order valence-electron chi connectivity index (χ3n) is 3.61. The highest BCUT2D eigenvalue weighted by Crippen LogP contribution is 2.28. The van der Waals surface area contributed by atoms with Crippen molar-refractivity contribution in [3.63, 3.8) is 0 Å². The van der Waals surface area contributed by atoms with Crippen LogP contribution in [0, 0.1) is 0 Å². The number of rotatable bonds is 3. The average Bonchev–Trinajstić information content (AvgIpc) is 2.93. The van der Waals surface area contributed by atoms with E-state index in [1.54, 1.807) is 4.90 Å². The van der Waals surface area contributed by atoms with Gasteiger partial charge in [-0.2, -0.15) is 0 Å². The molecule has 1 aliphatic rings. The van der Waals surface area contributed by atoms with Crippen molar-refractivity contribution in [3.8, 4) is 5.75 Å². The SMILES string of the molecule is CC(C)Oc1ccc(NC(=O)N2CCc3ccccc32)cc1. The maximum absolute atomic E-state index is 12.4. The summed E-state index contributed by atoms with van der Waals surface area (Å²) in [5.41, 5.74) is 2.99. The second-order valence-corrected chi connectivity index (χ2v) is 5.65. The van der Waals surface area contributed by atoms with E-state index >= 15 is 0 Å². The lowest BCUT2D eigenvalue weighted by molar-refractivity contribution is 0.242. The molecule has 114 valence electrons. The number of anilines is 2. The second kappa shape index (κ2) is 6.10. The number of para-hydroxylation sites is 1. The third kappa shape index (κ3) is 3.06. The van der Waals surface area contributed by atoms with Gasteiger partial charge < -0.3 is 10.1 Å². The number of nitrogens with one attached hydrogen (secondary N) is 1. The van der Waals surface area contributed by atoms with E-state index in [0.29, 0.717) is 0 Å². The standard InChI is InChI=1S/C18H20N2O2/c1-13(2)22-16-9-7-15(8-10-16)19-18(21)20-12-11-14-5-3-4-6-17(14)20/h3-10,13H,11-12H2,1-2H3,(H,19,21). The van der Waals surface area contributed by atoms with E-state index in [0.717, 1.165) is 30.1 Å². The molecular formula is C18H20N2O2. The van der Waals surface area contributed by atoms with Crippen LogP contribution in [0.1, 0.15) is 19.4 Å². The Morgan fingerprint density at radius 1 is 1.14 bits per heavy atom. The van der Waals surface area contributed by atoms with Crippen LogP contribution in [0.2, 0.25) is 0 Å². The van der Waals surface area contributed by atoms with Crippen LogP contribution in [0.4, 0.5) is 16.2 Å². The molecule has 4 heteroatoms. The van der Waals surface area contributed by atoms with E-state index in [1.165, 1.54) is 5.56 Å². The Kier molecular flexibility index (Phi) is 4.00. The Morgan fingerprint density at radius 3 is 2.59 bits per heavy atom. The molecule has 0 atom stereocenters. The summed E-state index contributed by atoms with van der Waals surface area (Å²) in [7, 11) is 0. The number of hydrogen-bond acceptors (Lipinski definition) is 2. The van der Waals surface area contributed by atoms with Gasteiger partial charge in [-0.15, -0.1) is 0 Å². The summed E-state index contributed by atoms with van der Waals surface area (Å²) in [4.78, 5) is 14.2. The Balaban J connectivity index is 1.68. The number of nitrogens with zero attached hydrogens (tertiary/aromatic N) is 1. The van der Waals surface area contributed by atoms with Gasteiger partial charge in [-0.3, -0.25) is 4.90 Å². The highest BCUT2D eigenvalue weighted by Gasteiger charge is 2.23. The average molecular weight is 296 g/mol. The van der Waals surface area contributed by atoms with Crippen molar-refractivity contribution in [3.05, 3.63) is 54.1 Å². The third-order valence-corrected chi connectivity index (χ3v) is 3.61. The van der Waals surface area contributed by atoms with Crippen LogP contribution in [-0.2, 0) is 6.42 Å². The van der Waals surface area contributed by atoms with Gasteiger partial charge in [-0.1, -0.05) is 18.2 Å². The first kappa shape index (κ1) is 14.4. The van der Waals surface area contributed by atoms with Crippen LogP contribution >= 0.6 is 0 Å². The zero-order valence-corrected chi connectivity index (χ0v) is 12.9. The Morgan fingerprint density at radius 2 is 1.86 bits per heavy atom. The van der Waals surface area contributed by atoms with E-state index in [4.69, 9.17) is 4.74 Å². The summed E-state index contributed by atoms with van der Waals surface area (Å²) >= 11 is 0. The van der Waals surface area contributed by atoms with Crippen molar-refractivity contribution in [1.82, 2.24) is 0 Å². The molecule has 0 radical (unpaired) electrons. The Labute approximate surface area is 130 Å². The van der Waals surface area contributed by atoms with Gasteiger partial charge in [0.15, 0.2) is 0 Å². The van der Waals surface area contributed by atoms with E-state index in [1.807, 2.05) is 56.3 Å². The summed E-state index contributed by atoms with van der Waals surface area (Å²) in [6.45, 7) is 4.70. The van der Waals surface area contributed by atoms with Crippen molar-refractivity contribution in [2.24, 2.45) is 0 Å². The minimum Gasteiger partial charge on any atom is -0.491 e. The summed E-state index contributed by atoms with van der Waals surface area (Å²) < 4.78 is 5.60. The van der Waals surface area contributed by atoms with Crippen LogP contribution in [0.15, 0.2) is 48.5 Å². The van der Waals surface area contributed by atoms with Crippen molar-refractivity contribution in [1.29, 1.82) is 0 Å². The van der Waals surface area contributed by atoms with Crippen LogP contribution in [-0.4, -0.2) is 18.7 Å². The van der Waals surface area contributed by atoms with Crippen LogP contribution in [0.25, 0.3) is 0 Å². The molecule has 2 amide bonds. The summed E-state index contributed by atoms with van der Waals surface area (Å²) in [6.07, 6.45) is 1.05. The first-order valence-corrected chi connectivity index (χ1v) is 7.56. The monoisotopic (exact) mass is 296 g/mol. The van der Waals surface area contributed by atoms with Gasteiger partial charge in [-0.05, 0) is 56.2 Å². The smallest absolute Gasteiger partial charge is 0.326 e. The molecule has 2 aromatic carbocycles. The number of amides is 2. The van der Waals surface area contributed by atoms with Gasteiger partial charge in [0.25, 0.3) is 0 Å². The van der Waals surface area contributed by atoms with E-state index in [-0.39, 0.29) is 12.1 Å². The number of carbonyl (C=O) groups excluding carboxylic acids is 1. The molecule has 0 saturated carbocycles. The maximum atomic E-state index is 12.4. The van der Waals surface area contributed by atoms with Crippen molar-refractivity contribution < 1.29 is 9.53 Å². The number of fused-ring (bicyclic) bond motifs is 1. The fourth-order valence-corrected chi connectivity index (χ4v) is 2.63. The topological polar surface area (TPSA) is 41.6 Å². The van der Waals surface area contributed by atoms with Gasteiger partial charge in [0, 0.05) is 17.9 Å². The molecule has 0 bridgehead atoms. The quantitative estimate of drug-likeness (QED) is 0.927. The van der Waals surface area contributed by atoms with Crippen LogP contribution < -0.4 is 15.0 Å². The number of benzene rings is 2. The molecule has 0 aromatic heterocycles. The molecule has 22 heavy (non-hydrogen) atoms. The largest absolute Gasteiger partial charge is 0.491 e. The van der Waals surface area contributed by atoms with Gasteiger partial charge in [0.1, 0.15) is 5.75 Å². The molecule has 1 heterocycles. The number of ether oxygens (including phenoxy) is 1. The minimum absolute atomic E-state index is 0.0949. The molecule has 4 nitrogen and oxygen atoms in total. The molecule has 0 aliphatic carbocycles. The maximum Gasteiger partial charge on any atom is 0.326 e. The molecule has 3 rings (SSSR count). The summed E-state index contributed by atoms with van der Waals surface area (Å²) in [5.74, 6) is 0.805. The predicted octanol–water partition coefficient (Wildman–Crippen LogP) is 4.07. The Bertz CT molecular complexity index is 665. The predicted molar refractivity (Wildman–Crippen MR) is 88.7 cm³/mol. The minimum atomic E-state index is -0.0949. The van der Waals surface area contributed by atoms with Gasteiger partial charge in [0.05, 0.1) is 6.10 Å². The van der Waals surface area contributed by atoms with Crippen molar-refractivity contribution >= 4 is 17.4 Å². The Hall–Kier alpha value is -2.49. The fraction of sp³-hybridized carbons (Fsp3) is 0.278. The molecule has 0 saturated heterocycles. The molecular weight excluding hydrogens is 276 g/mol. The highest BCUT2D eigenvalue weighted by atomic mass is 16.5. The first-order chi connectivity index (χ1) is 10.6. The van der Waals surface area contributed by atoms with E-state index < -0.39 is 0 Å². The normalized spacial score (nSPS) is 13.1. The van der Waals surface area contributed by atoms with Gasteiger partial charge >= 0.3 is 6.03 Å². The summed E-state index contributed by atoms with van der Waals surface area (Å²) in [5, 5.41) is 2.94. The van der Waals surface area contributed by atoms with Crippen LogP contribution in [0.5, 0.6) is 5.75 Å². The van der Waals surface area contributed by atoms with E-state index in [9.17, 15) is 4.79 Å². The van der Waals surface area contributed by atoms with Crippen molar-refractivity contribution in [2.45, 2.75) is 26.4 Å².